The molecule has 0 saturated carbocycles. The Morgan fingerprint density at radius 1 is 1.39 bits per heavy atom. The zero-order valence-electron chi connectivity index (χ0n) is 11.9. The summed E-state index contributed by atoms with van der Waals surface area (Å²) in [6.07, 6.45) is 2.40. The lowest BCUT2D eigenvalue weighted by atomic mass is 10.1. The van der Waals surface area contributed by atoms with Gasteiger partial charge in [0.05, 0.1) is 7.11 Å². The van der Waals surface area contributed by atoms with E-state index in [0.717, 1.165) is 6.54 Å². The van der Waals surface area contributed by atoms with Crippen LogP contribution in [0.15, 0.2) is 18.2 Å². The van der Waals surface area contributed by atoms with Crippen LogP contribution in [0, 0.1) is 11.7 Å². The second kappa shape index (κ2) is 7.37. The van der Waals surface area contributed by atoms with Gasteiger partial charge in [0.15, 0.2) is 0 Å². The summed E-state index contributed by atoms with van der Waals surface area (Å²) >= 11 is 0. The molecule has 1 aromatic carbocycles. The summed E-state index contributed by atoms with van der Waals surface area (Å²) in [5.74, 6) is 1.08. The number of nitrogens with zero attached hydrogens (tertiary/aromatic N) is 1. The number of halogens is 1. The molecule has 0 amide bonds. The van der Waals surface area contributed by atoms with E-state index in [0.29, 0.717) is 23.8 Å². The van der Waals surface area contributed by atoms with E-state index in [1.54, 1.807) is 13.2 Å². The van der Waals surface area contributed by atoms with Crippen molar-refractivity contribution in [3.8, 4) is 5.75 Å². The molecule has 102 valence electrons. The van der Waals surface area contributed by atoms with Crippen LogP contribution in [0.5, 0.6) is 5.75 Å². The molecule has 0 spiro atoms. The van der Waals surface area contributed by atoms with Gasteiger partial charge in [-0.05, 0) is 31.5 Å². The summed E-state index contributed by atoms with van der Waals surface area (Å²) in [4.78, 5) is 2.15. The molecule has 0 fully saturated rings. The minimum Gasteiger partial charge on any atom is -0.496 e. The van der Waals surface area contributed by atoms with Gasteiger partial charge < -0.3 is 9.64 Å². The predicted molar refractivity (Wildman–Crippen MR) is 73.4 cm³/mol. The van der Waals surface area contributed by atoms with Gasteiger partial charge >= 0.3 is 0 Å². The summed E-state index contributed by atoms with van der Waals surface area (Å²) in [5, 5.41) is 0. The molecule has 0 aliphatic carbocycles. The van der Waals surface area contributed by atoms with Crippen molar-refractivity contribution in [2.45, 2.75) is 33.2 Å². The highest BCUT2D eigenvalue weighted by atomic mass is 19.1. The molecular weight excluding hydrogens is 229 g/mol. The Morgan fingerprint density at radius 2 is 2.11 bits per heavy atom. The monoisotopic (exact) mass is 253 g/mol. The van der Waals surface area contributed by atoms with Gasteiger partial charge in [0.1, 0.15) is 11.6 Å². The fraction of sp³-hybridized carbons (Fsp3) is 0.600. The minimum atomic E-state index is -0.190. The Balaban J connectivity index is 2.66. The smallest absolute Gasteiger partial charge is 0.131 e. The molecule has 0 saturated heterocycles. The van der Waals surface area contributed by atoms with Gasteiger partial charge in [0, 0.05) is 18.7 Å². The molecule has 1 aromatic rings. The number of benzene rings is 1. The molecule has 0 aromatic heterocycles. The molecule has 18 heavy (non-hydrogen) atoms. The molecule has 0 aliphatic heterocycles. The molecule has 0 bridgehead atoms. The Labute approximate surface area is 110 Å². The highest BCUT2D eigenvalue weighted by Crippen LogP contribution is 2.23. The number of ether oxygens (including phenoxy) is 1. The quantitative estimate of drug-likeness (QED) is 0.734. The van der Waals surface area contributed by atoms with Crippen LogP contribution in [0.2, 0.25) is 0 Å². The summed E-state index contributed by atoms with van der Waals surface area (Å²) in [6.45, 7) is 5.99. The fourth-order valence-corrected chi connectivity index (χ4v) is 2.33. The lowest BCUT2D eigenvalue weighted by molar-refractivity contribution is 0.262. The maximum absolute atomic E-state index is 13.8. The minimum absolute atomic E-state index is 0.190. The average Bonchev–Trinajstić information content (AvgIpc) is 2.31. The molecular formula is C15H24FNO. The predicted octanol–water partition coefficient (Wildman–Crippen LogP) is 3.70. The number of hydrogen-bond donors (Lipinski definition) is 0. The van der Waals surface area contributed by atoms with Gasteiger partial charge in [-0.15, -0.1) is 0 Å². The third kappa shape index (κ3) is 4.30. The van der Waals surface area contributed by atoms with Crippen LogP contribution >= 0.6 is 0 Å². The second-order valence-electron chi connectivity index (χ2n) is 5.01. The van der Waals surface area contributed by atoms with Crippen LogP contribution in [0.4, 0.5) is 4.39 Å². The molecule has 2 nitrogen and oxygen atoms in total. The van der Waals surface area contributed by atoms with Crippen LogP contribution in [-0.4, -0.2) is 25.6 Å². The summed E-state index contributed by atoms with van der Waals surface area (Å²) in [5.41, 5.74) is 0.645. The van der Waals surface area contributed by atoms with Crippen molar-refractivity contribution in [2.24, 2.45) is 5.92 Å². The van der Waals surface area contributed by atoms with Crippen LogP contribution in [-0.2, 0) is 6.54 Å². The van der Waals surface area contributed by atoms with Crippen molar-refractivity contribution in [2.75, 3.05) is 20.7 Å². The summed E-state index contributed by atoms with van der Waals surface area (Å²) < 4.78 is 19.0. The standard InChI is InChI=1S/C15H24FNO/c1-5-7-12(2)10-17(3)11-13-14(16)8-6-9-15(13)18-4/h6,8-9,12H,5,7,10-11H2,1-4H3. The zero-order chi connectivity index (χ0) is 13.5. The second-order valence-corrected chi connectivity index (χ2v) is 5.01. The van der Waals surface area contributed by atoms with Gasteiger partial charge in [-0.1, -0.05) is 26.3 Å². The van der Waals surface area contributed by atoms with Gasteiger partial charge in [0.2, 0.25) is 0 Å². The van der Waals surface area contributed by atoms with Gasteiger partial charge in [-0.2, -0.15) is 0 Å². The maximum Gasteiger partial charge on any atom is 0.131 e. The van der Waals surface area contributed by atoms with Gasteiger partial charge in [-0.3, -0.25) is 0 Å². The Morgan fingerprint density at radius 3 is 2.72 bits per heavy atom. The van der Waals surface area contributed by atoms with E-state index < -0.39 is 0 Å². The van der Waals surface area contributed by atoms with E-state index in [9.17, 15) is 4.39 Å². The van der Waals surface area contributed by atoms with Gasteiger partial charge in [0.25, 0.3) is 0 Å². The molecule has 1 atom stereocenters. The Bertz CT molecular complexity index is 368. The normalized spacial score (nSPS) is 12.8. The number of methoxy groups -OCH3 is 1. The topological polar surface area (TPSA) is 12.5 Å². The first kappa shape index (κ1) is 15.0. The van der Waals surface area contributed by atoms with Crippen molar-refractivity contribution in [3.05, 3.63) is 29.6 Å². The largest absolute Gasteiger partial charge is 0.496 e. The average molecular weight is 253 g/mol. The van der Waals surface area contributed by atoms with Crippen LogP contribution in [0.25, 0.3) is 0 Å². The molecule has 0 aliphatic rings. The number of hydrogen-bond acceptors (Lipinski definition) is 2. The highest BCUT2D eigenvalue weighted by Gasteiger charge is 2.13. The SMILES string of the molecule is CCCC(C)CN(C)Cc1c(F)cccc1OC. The Hall–Kier alpha value is -1.09. The zero-order valence-corrected chi connectivity index (χ0v) is 11.9. The van der Waals surface area contributed by atoms with Crippen LogP contribution < -0.4 is 4.74 Å². The molecule has 3 heteroatoms. The third-order valence-electron chi connectivity index (χ3n) is 3.13. The summed E-state index contributed by atoms with van der Waals surface area (Å²) in [6, 6.07) is 4.97. The molecule has 0 heterocycles. The first-order chi connectivity index (χ1) is 8.58. The molecule has 1 unspecified atom stereocenters. The lowest BCUT2D eigenvalue weighted by Crippen LogP contribution is -2.24. The molecule has 0 N–H and O–H groups in total. The van der Waals surface area contributed by atoms with Crippen LogP contribution in [0.3, 0.4) is 0 Å². The van der Waals surface area contributed by atoms with E-state index in [-0.39, 0.29) is 5.82 Å². The van der Waals surface area contributed by atoms with Crippen LogP contribution in [0.1, 0.15) is 32.3 Å². The van der Waals surface area contributed by atoms with Crippen molar-refractivity contribution >= 4 is 0 Å². The summed E-state index contributed by atoms with van der Waals surface area (Å²) in [7, 11) is 3.61. The van der Waals surface area contributed by atoms with E-state index in [1.165, 1.54) is 18.9 Å². The third-order valence-corrected chi connectivity index (χ3v) is 3.13. The Kier molecular flexibility index (Phi) is 6.13. The van der Waals surface area contributed by atoms with E-state index in [1.807, 2.05) is 13.1 Å². The van der Waals surface area contributed by atoms with Crippen molar-refractivity contribution in [1.29, 1.82) is 0 Å². The molecule has 1 rings (SSSR count). The van der Waals surface area contributed by atoms with E-state index in [4.69, 9.17) is 4.74 Å². The van der Waals surface area contributed by atoms with E-state index in [2.05, 4.69) is 18.7 Å². The van der Waals surface area contributed by atoms with Gasteiger partial charge in [-0.25, -0.2) is 4.39 Å². The number of rotatable bonds is 7. The maximum atomic E-state index is 13.8. The van der Waals surface area contributed by atoms with Crippen molar-refractivity contribution in [1.82, 2.24) is 4.90 Å². The molecule has 0 radical (unpaired) electrons. The fourth-order valence-electron chi connectivity index (χ4n) is 2.33. The van der Waals surface area contributed by atoms with Crippen molar-refractivity contribution < 1.29 is 9.13 Å². The van der Waals surface area contributed by atoms with Crippen molar-refractivity contribution in [3.63, 3.8) is 0 Å². The first-order valence-electron chi connectivity index (χ1n) is 6.58. The first-order valence-corrected chi connectivity index (χ1v) is 6.58. The lowest BCUT2D eigenvalue weighted by Gasteiger charge is -2.22. The van der Waals surface area contributed by atoms with E-state index >= 15 is 0 Å². The highest BCUT2D eigenvalue weighted by molar-refractivity contribution is 5.34.